The number of ether oxygens (including phenoxy) is 1. The van der Waals surface area contributed by atoms with E-state index in [1.165, 1.54) is 41.7 Å². The van der Waals surface area contributed by atoms with Gasteiger partial charge in [0, 0.05) is 30.8 Å². The molecule has 0 radical (unpaired) electrons. The minimum atomic E-state index is -0.581. The van der Waals surface area contributed by atoms with E-state index < -0.39 is 11.6 Å². The highest BCUT2D eigenvalue weighted by Gasteiger charge is 2.34. The fourth-order valence-electron chi connectivity index (χ4n) is 7.22. The summed E-state index contributed by atoms with van der Waals surface area (Å²) < 4.78 is 34.3. The second-order valence-corrected chi connectivity index (χ2v) is 13.6. The Bertz CT molecular complexity index is 1550. The van der Waals surface area contributed by atoms with Crippen molar-refractivity contribution in [2.45, 2.75) is 83.7 Å². The quantitative estimate of drug-likeness (QED) is 0.105. The average molecular weight is 667 g/mol. The van der Waals surface area contributed by atoms with Crippen LogP contribution < -0.4 is 4.74 Å². The number of carbonyl (C=O) groups is 1. The van der Waals surface area contributed by atoms with Crippen LogP contribution in [0.1, 0.15) is 84.5 Å². The standard InChI is InChI=1S/C43H52F2N2O2/c1-3-4-6-11-34-15-19-38(20-16-34)43(48)47(25-10-9-14-33-12-7-5-8-13-33)42(30-36-28-39(44)31-40(45)29-36)37-23-26-46(27-24-37)32-35-17-21-41(49-2)22-18-35/h5,7-8,12-13,15-22,28-29,31,37,42H,3-4,6,9-11,14,23-27,30,32H2,1-2H3. The Morgan fingerprint density at radius 1 is 0.776 bits per heavy atom. The number of unbranched alkanes of at least 4 members (excludes halogenated alkanes) is 3. The summed E-state index contributed by atoms with van der Waals surface area (Å²) in [4.78, 5) is 19.0. The molecule has 0 N–H and O–H groups in total. The Kier molecular flexibility index (Phi) is 13.8. The number of methoxy groups -OCH3 is 1. The zero-order valence-corrected chi connectivity index (χ0v) is 29.3. The molecule has 1 heterocycles. The maximum Gasteiger partial charge on any atom is 0.254 e. The third-order valence-electron chi connectivity index (χ3n) is 10.00. The van der Waals surface area contributed by atoms with Gasteiger partial charge in [0.25, 0.3) is 5.91 Å². The summed E-state index contributed by atoms with van der Waals surface area (Å²) in [6.07, 6.45) is 9.48. The molecular formula is C43H52F2N2O2. The Labute approximate surface area is 292 Å². The van der Waals surface area contributed by atoms with Gasteiger partial charge in [0.1, 0.15) is 17.4 Å². The van der Waals surface area contributed by atoms with Gasteiger partial charge in [-0.25, -0.2) is 8.78 Å². The summed E-state index contributed by atoms with van der Waals surface area (Å²) in [5, 5.41) is 0. The molecule has 4 aromatic rings. The van der Waals surface area contributed by atoms with Crippen LogP contribution in [0.25, 0.3) is 0 Å². The second-order valence-electron chi connectivity index (χ2n) is 13.6. The maximum atomic E-state index is 14.5. The van der Waals surface area contributed by atoms with Crippen molar-refractivity contribution in [2.75, 3.05) is 26.7 Å². The molecule has 1 atom stereocenters. The second kappa shape index (κ2) is 18.7. The third-order valence-corrected chi connectivity index (χ3v) is 10.00. The normalized spacial score (nSPS) is 14.4. The highest BCUT2D eigenvalue weighted by Crippen LogP contribution is 2.30. The fraction of sp³-hybridized carbons (Fsp3) is 0.419. The van der Waals surface area contributed by atoms with Gasteiger partial charge in [-0.3, -0.25) is 9.69 Å². The summed E-state index contributed by atoms with van der Waals surface area (Å²) in [5.74, 6) is -0.115. The van der Waals surface area contributed by atoms with Crippen LogP contribution in [0.2, 0.25) is 0 Å². The van der Waals surface area contributed by atoms with Crippen LogP contribution in [-0.2, 0) is 25.8 Å². The summed E-state index contributed by atoms with van der Waals surface area (Å²) in [6, 6.07) is 30.4. The van der Waals surface area contributed by atoms with Gasteiger partial charge < -0.3 is 9.64 Å². The van der Waals surface area contributed by atoms with E-state index >= 15 is 0 Å². The predicted octanol–water partition coefficient (Wildman–Crippen LogP) is 9.69. The zero-order valence-electron chi connectivity index (χ0n) is 29.3. The largest absolute Gasteiger partial charge is 0.497 e. The van der Waals surface area contributed by atoms with Gasteiger partial charge in [0.15, 0.2) is 0 Å². The molecule has 0 saturated carbocycles. The van der Waals surface area contributed by atoms with E-state index in [-0.39, 0.29) is 17.9 Å². The summed E-state index contributed by atoms with van der Waals surface area (Å²) in [6.45, 7) is 5.44. The zero-order chi connectivity index (χ0) is 34.4. The number of likely N-dealkylation sites (tertiary alicyclic amines) is 1. The number of hydrogen-bond acceptors (Lipinski definition) is 3. The minimum absolute atomic E-state index is 0.00218. The lowest BCUT2D eigenvalue weighted by molar-refractivity contribution is 0.0502. The fourth-order valence-corrected chi connectivity index (χ4v) is 7.22. The molecule has 6 heteroatoms. The number of nitrogens with zero attached hydrogens (tertiary/aromatic N) is 2. The van der Waals surface area contributed by atoms with Crippen molar-refractivity contribution >= 4 is 5.91 Å². The van der Waals surface area contributed by atoms with E-state index in [1.807, 2.05) is 35.2 Å². The molecule has 5 rings (SSSR count). The molecule has 1 saturated heterocycles. The van der Waals surface area contributed by atoms with E-state index in [0.717, 1.165) is 76.4 Å². The molecule has 0 aromatic heterocycles. The van der Waals surface area contributed by atoms with Crippen molar-refractivity contribution < 1.29 is 18.3 Å². The first-order chi connectivity index (χ1) is 23.9. The number of rotatable bonds is 17. The lowest BCUT2D eigenvalue weighted by Gasteiger charge is -2.42. The molecule has 0 aliphatic carbocycles. The molecule has 1 amide bonds. The highest BCUT2D eigenvalue weighted by atomic mass is 19.1. The monoisotopic (exact) mass is 666 g/mol. The first-order valence-corrected chi connectivity index (χ1v) is 18.2. The number of carbonyl (C=O) groups excluding carboxylic acids is 1. The van der Waals surface area contributed by atoms with Gasteiger partial charge >= 0.3 is 0 Å². The van der Waals surface area contributed by atoms with E-state index in [2.05, 4.69) is 60.4 Å². The molecule has 260 valence electrons. The molecule has 0 spiro atoms. The van der Waals surface area contributed by atoms with Gasteiger partial charge in [0.2, 0.25) is 0 Å². The van der Waals surface area contributed by atoms with E-state index in [9.17, 15) is 13.6 Å². The Balaban J connectivity index is 1.37. The first kappa shape index (κ1) is 36.3. The van der Waals surface area contributed by atoms with E-state index in [0.29, 0.717) is 24.1 Å². The molecule has 1 unspecified atom stereocenters. The lowest BCUT2D eigenvalue weighted by Crippen LogP contribution is -2.49. The number of piperidine rings is 1. The first-order valence-electron chi connectivity index (χ1n) is 18.2. The van der Waals surface area contributed by atoms with Crippen molar-refractivity contribution in [3.8, 4) is 5.75 Å². The van der Waals surface area contributed by atoms with Gasteiger partial charge in [-0.05, 0) is 129 Å². The van der Waals surface area contributed by atoms with Crippen LogP contribution in [0.5, 0.6) is 5.75 Å². The van der Waals surface area contributed by atoms with Crippen LogP contribution in [0.4, 0.5) is 8.78 Å². The lowest BCUT2D eigenvalue weighted by atomic mass is 9.84. The summed E-state index contributed by atoms with van der Waals surface area (Å²) >= 11 is 0. The maximum absolute atomic E-state index is 14.5. The molecule has 4 aromatic carbocycles. The Hall–Kier alpha value is -4.03. The smallest absolute Gasteiger partial charge is 0.254 e. The predicted molar refractivity (Wildman–Crippen MR) is 195 cm³/mol. The van der Waals surface area contributed by atoms with Crippen LogP contribution in [0.3, 0.4) is 0 Å². The van der Waals surface area contributed by atoms with E-state index in [4.69, 9.17) is 4.74 Å². The van der Waals surface area contributed by atoms with Crippen LogP contribution >= 0.6 is 0 Å². The Morgan fingerprint density at radius 3 is 2.02 bits per heavy atom. The molecule has 1 fully saturated rings. The number of amides is 1. The number of hydrogen-bond donors (Lipinski definition) is 0. The van der Waals surface area contributed by atoms with E-state index in [1.54, 1.807) is 7.11 Å². The molecule has 4 nitrogen and oxygen atoms in total. The topological polar surface area (TPSA) is 32.8 Å². The van der Waals surface area contributed by atoms with Gasteiger partial charge in [-0.15, -0.1) is 0 Å². The molecule has 1 aliphatic rings. The molecule has 0 bridgehead atoms. The SMILES string of the molecule is CCCCCc1ccc(C(=O)N(CCCCc2ccccc2)C(Cc2cc(F)cc(F)c2)C2CCN(Cc3ccc(OC)cc3)CC2)cc1. The molecule has 49 heavy (non-hydrogen) atoms. The van der Waals surface area contributed by atoms with Crippen molar-refractivity contribution in [3.05, 3.63) is 137 Å². The highest BCUT2D eigenvalue weighted by molar-refractivity contribution is 5.94. The number of benzene rings is 4. The molecule has 1 aliphatic heterocycles. The van der Waals surface area contributed by atoms with Crippen molar-refractivity contribution in [3.63, 3.8) is 0 Å². The van der Waals surface area contributed by atoms with Crippen molar-refractivity contribution in [1.29, 1.82) is 0 Å². The van der Waals surface area contributed by atoms with Crippen molar-refractivity contribution in [1.82, 2.24) is 9.80 Å². The van der Waals surface area contributed by atoms with Crippen LogP contribution in [0, 0.1) is 17.6 Å². The third kappa shape index (κ3) is 11.0. The van der Waals surface area contributed by atoms with Gasteiger partial charge in [-0.1, -0.05) is 74.4 Å². The minimum Gasteiger partial charge on any atom is -0.497 e. The van der Waals surface area contributed by atoms with Crippen molar-refractivity contribution in [2.24, 2.45) is 5.92 Å². The van der Waals surface area contributed by atoms with Gasteiger partial charge in [-0.2, -0.15) is 0 Å². The number of halogens is 2. The average Bonchev–Trinajstić information content (AvgIpc) is 3.12. The summed E-state index contributed by atoms with van der Waals surface area (Å²) in [5.41, 5.74) is 5.04. The van der Waals surface area contributed by atoms with Crippen LogP contribution in [-0.4, -0.2) is 48.5 Å². The summed E-state index contributed by atoms with van der Waals surface area (Å²) in [7, 11) is 1.68. The number of aryl methyl sites for hydroxylation is 2. The Morgan fingerprint density at radius 2 is 1.39 bits per heavy atom. The van der Waals surface area contributed by atoms with Gasteiger partial charge in [0.05, 0.1) is 7.11 Å². The van der Waals surface area contributed by atoms with Crippen LogP contribution in [0.15, 0.2) is 97.1 Å². The molecular weight excluding hydrogens is 614 g/mol.